The lowest BCUT2D eigenvalue weighted by Gasteiger charge is -2.12. The quantitative estimate of drug-likeness (QED) is 0.652. The normalized spacial score (nSPS) is 13.9. The smallest absolute Gasteiger partial charge is 0.286 e. The highest BCUT2D eigenvalue weighted by Crippen LogP contribution is 2.25. The van der Waals surface area contributed by atoms with Crippen LogP contribution in [-0.2, 0) is 0 Å². The van der Waals surface area contributed by atoms with Crippen LogP contribution < -0.4 is 10.3 Å². The van der Waals surface area contributed by atoms with Crippen LogP contribution in [0.3, 0.4) is 0 Å². The summed E-state index contributed by atoms with van der Waals surface area (Å²) in [5.41, 5.74) is 4.31. The van der Waals surface area contributed by atoms with Gasteiger partial charge in [0.1, 0.15) is 11.8 Å². The van der Waals surface area contributed by atoms with Gasteiger partial charge in [-0.1, -0.05) is 0 Å². The fourth-order valence-corrected chi connectivity index (χ4v) is 1.57. The van der Waals surface area contributed by atoms with Gasteiger partial charge in [-0.3, -0.25) is 4.79 Å². The summed E-state index contributed by atoms with van der Waals surface area (Å²) in [4.78, 5) is 20.2. The minimum atomic E-state index is -0.266. The molecule has 1 aliphatic heterocycles. The van der Waals surface area contributed by atoms with Gasteiger partial charge in [-0.2, -0.15) is 15.6 Å². The van der Waals surface area contributed by atoms with E-state index in [1.54, 1.807) is 10.6 Å². The number of hydrogen-bond acceptors (Lipinski definition) is 4. The first-order chi connectivity index (χ1) is 6.77. The van der Waals surface area contributed by atoms with Crippen LogP contribution in [0.15, 0.2) is 12.4 Å². The summed E-state index contributed by atoms with van der Waals surface area (Å²) in [6, 6.07) is 1.76. The summed E-state index contributed by atoms with van der Waals surface area (Å²) in [5.74, 6) is 0.112. The molecule has 3 heterocycles. The summed E-state index contributed by atoms with van der Waals surface area (Å²) in [6.07, 6.45) is 1.39. The molecule has 14 heavy (non-hydrogen) atoms. The van der Waals surface area contributed by atoms with E-state index in [1.165, 1.54) is 6.33 Å². The number of aryl methyl sites for hydroxylation is 1. The first kappa shape index (κ1) is 7.31. The van der Waals surface area contributed by atoms with Gasteiger partial charge < -0.3 is 4.84 Å². The number of amides is 1. The SMILES string of the molecule is Cc1cc2c3c(ncnn13)ONC2=O.[HH]. The predicted molar refractivity (Wildman–Crippen MR) is 47.9 cm³/mol. The fraction of sp³-hybridized carbons (Fsp3) is 0.125. The number of nitrogens with zero attached hydrogens (tertiary/aromatic N) is 3. The number of carbonyl (C=O) groups excluding carboxylic acids is 1. The van der Waals surface area contributed by atoms with Gasteiger partial charge in [-0.05, 0) is 13.0 Å². The molecule has 72 valence electrons. The number of rotatable bonds is 0. The second-order valence-electron chi connectivity index (χ2n) is 3.06. The minimum absolute atomic E-state index is 0. The molecule has 0 unspecified atom stereocenters. The molecule has 0 saturated heterocycles. The molecule has 1 N–H and O–H groups in total. The number of nitrogens with one attached hydrogen (secondary N) is 1. The Labute approximate surface area is 79.9 Å². The van der Waals surface area contributed by atoms with E-state index in [4.69, 9.17) is 4.84 Å². The number of aromatic nitrogens is 3. The molecule has 0 fully saturated rings. The molecule has 6 heteroatoms. The van der Waals surface area contributed by atoms with Crippen molar-refractivity contribution in [3.05, 3.63) is 23.7 Å². The van der Waals surface area contributed by atoms with E-state index in [0.29, 0.717) is 17.0 Å². The Morgan fingerprint density at radius 1 is 1.64 bits per heavy atom. The van der Waals surface area contributed by atoms with Gasteiger partial charge >= 0.3 is 0 Å². The molecule has 3 rings (SSSR count). The Bertz CT molecular complexity index is 551. The van der Waals surface area contributed by atoms with E-state index < -0.39 is 0 Å². The third-order valence-corrected chi connectivity index (χ3v) is 2.18. The molecule has 1 aliphatic rings. The second-order valence-corrected chi connectivity index (χ2v) is 3.06. The lowest BCUT2D eigenvalue weighted by atomic mass is 10.2. The highest BCUT2D eigenvalue weighted by atomic mass is 16.7. The Kier molecular flexibility index (Phi) is 1.16. The average molecular weight is 192 g/mol. The highest BCUT2D eigenvalue weighted by Gasteiger charge is 2.24. The third kappa shape index (κ3) is 0.723. The van der Waals surface area contributed by atoms with Crippen molar-refractivity contribution in [3.63, 3.8) is 0 Å². The van der Waals surface area contributed by atoms with Crippen molar-refractivity contribution in [3.8, 4) is 5.88 Å². The highest BCUT2D eigenvalue weighted by molar-refractivity contribution is 6.03. The van der Waals surface area contributed by atoms with Crippen LogP contribution in [0.1, 0.15) is 17.5 Å². The van der Waals surface area contributed by atoms with Crippen LogP contribution in [0.25, 0.3) is 5.52 Å². The molecule has 0 aromatic carbocycles. The van der Waals surface area contributed by atoms with E-state index in [-0.39, 0.29) is 7.33 Å². The first-order valence-electron chi connectivity index (χ1n) is 4.08. The summed E-state index contributed by atoms with van der Waals surface area (Å²) < 4.78 is 1.64. The second kappa shape index (κ2) is 2.22. The van der Waals surface area contributed by atoms with Gasteiger partial charge in [0.2, 0.25) is 0 Å². The van der Waals surface area contributed by atoms with Gasteiger partial charge in [0.25, 0.3) is 11.8 Å². The minimum Gasteiger partial charge on any atom is -0.356 e. The number of carbonyl (C=O) groups is 1. The van der Waals surface area contributed by atoms with E-state index in [2.05, 4.69) is 15.6 Å². The summed E-state index contributed by atoms with van der Waals surface area (Å²) in [7, 11) is 0. The zero-order chi connectivity index (χ0) is 9.71. The zero-order valence-electron chi connectivity index (χ0n) is 7.31. The third-order valence-electron chi connectivity index (χ3n) is 2.18. The van der Waals surface area contributed by atoms with Crippen LogP contribution in [0, 0.1) is 6.92 Å². The van der Waals surface area contributed by atoms with Crippen LogP contribution in [0.2, 0.25) is 0 Å². The van der Waals surface area contributed by atoms with Crippen molar-refractivity contribution in [2.24, 2.45) is 0 Å². The van der Waals surface area contributed by atoms with E-state index >= 15 is 0 Å². The topological polar surface area (TPSA) is 68.5 Å². The van der Waals surface area contributed by atoms with Gasteiger partial charge in [-0.25, -0.2) is 4.52 Å². The summed E-state index contributed by atoms with van der Waals surface area (Å²) in [6.45, 7) is 1.87. The van der Waals surface area contributed by atoms with E-state index in [0.717, 1.165) is 5.69 Å². The molecular weight excluding hydrogens is 184 g/mol. The lowest BCUT2D eigenvalue weighted by Crippen LogP contribution is -2.31. The van der Waals surface area contributed by atoms with Crippen molar-refractivity contribution in [1.29, 1.82) is 0 Å². The van der Waals surface area contributed by atoms with Crippen molar-refractivity contribution in [2.75, 3.05) is 0 Å². The lowest BCUT2D eigenvalue weighted by molar-refractivity contribution is 0.0736. The Morgan fingerprint density at radius 2 is 2.50 bits per heavy atom. The Hall–Kier alpha value is -2.11. The van der Waals surface area contributed by atoms with Crippen LogP contribution in [0.4, 0.5) is 0 Å². The Balaban J connectivity index is 0.000000853. The van der Waals surface area contributed by atoms with Crippen molar-refractivity contribution < 1.29 is 11.1 Å². The predicted octanol–water partition coefficient (Wildman–Crippen LogP) is 0.321. The summed E-state index contributed by atoms with van der Waals surface area (Å²) in [5, 5.41) is 4.02. The zero-order valence-corrected chi connectivity index (χ0v) is 7.31. The van der Waals surface area contributed by atoms with E-state index in [9.17, 15) is 4.79 Å². The van der Waals surface area contributed by atoms with Gasteiger partial charge in [-0.15, -0.1) is 0 Å². The van der Waals surface area contributed by atoms with Crippen LogP contribution in [0.5, 0.6) is 5.88 Å². The summed E-state index contributed by atoms with van der Waals surface area (Å²) >= 11 is 0. The number of hydroxylamine groups is 1. The molecule has 1 amide bonds. The maximum absolute atomic E-state index is 11.4. The largest absolute Gasteiger partial charge is 0.356 e. The van der Waals surface area contributed by atoms with Crippen molar-refractivity contribution in [1.82, 2.24) is 20.1 Å². The average Bonchev–Trinajstić information content (AvgIpc) is 2.53. The van der Waals surface area contributed by atoms with Gasteiger partial charge in [0.05, 0.1) is 5.56 Å². The van der Waals surface area contributed by atoms with E-state index in [1.807, 2.05) is 6.92 Å². The molecule has 0 spiro atoms. The molecule has 0 atom stereocenters. The molecule has 6 nitrogen and oxygen atoms in total. The van der Waals surface area contributed by atoms with Crippen molar-refractivity contribution >= 4 is 11.4 Å². The molecule has 0 radical (unpaired) electrons. The standard InChI is InChI=1S/C8H6N4O2.H2/c1-4-2-5-6-8(14-11-7(5)13)9-3-10-12(4)6;/h2-3H,1H3,(H,11,13);1H. The van der Waals surface area contributed by atoms with Crippen molar-refractivity contribution in [2.45, 2.75) is 6.92 Å². The molecule has 0 saturated carbocycles. The van der Waals surface area contributed by atoms with Gasteiger partial charge in [0, 0.05) is 7.12 Å². The maximum Gasteiger partial charge on any atom is 0.286 e. The first-order valence-corrected chi connectivity index (χ1v) is 4.08. The fourth-order valence-electron chi connectivity index (χ4n) is 1.57. The molecule has 2 aromatic rings. The maximum atomic E-state index is 11.4. The molecule has 2 aromatic heterocycles. The van der Waals surface area contributed by atoms with Crippen LogP contribution >= 0.6 is 0 Å². The van der Waals surface area contributed by atoms with Gasteiger partial charge in [0.15, 0.2) is 0 Å². The molecule has 0 bridgehead atoms. The van der Waals surface area contributed by atoms with Crippen LogP contribution in [-0.4, -0.2) is 20.5 Å². The number of hydrogen-bond donors (Lipinski definition) is 1. The Morgan fingerprint density at radius 3 is 3.36 bits per heavy atom. The molecular formula is C8H8N4O2. The molecule has 0 aliphatic carbocycles. The monoisotopic (exact) mass is 192 g/mol.